The number of nitrogens with zero attached hydrogens (tertiary/aromatic N) is 5. The molecule has 0 saturated carbocycles. The van der Waals surface area contributed by atoms with Crippen LogP contribution in [0.2, 0.25) is 0 Å². The van der Waals surface area contributed by atoms with E-state index in [1.54, 1.807) is 0 Å². The summed E-state index contributed by atoms with van der Waals surface area (Å²) in [4.78, 5) is 18.5. The van der Waals surface area contributed by atoms with Gasteiger partial charge in [0.05, 0.1) is 6.54 Å². The monoisotopic (exact) mass is 363 g/mol. The minimum atomic E-state index is 0.491. The molecule has 7 heteroatoms. The Morgan fingerprint density at radius 1 is 1.11 bits per heavy atom. The Hall–Kier alpha value is -2.67. The molecule has 2 unspecified atom stereocenters. The summed E-state index contributed by atoms with van der Waals surface area (Å²) in [5.41, 5.74) is 3.48. The van der Waals surface area contributed by atoms with Crippen molar-refractivity contribution in [3.05, 3.63) is 35.4 Å². The average molecular weight is 363 g/mol. The summed E-state index contributed by atoms with van der Waals surface area (Å²) in [5.74, 6) is 2.58. The topological polar surface area (TPSA) is 68.7 Å². The van der Waals surface area contributed by atoms with Crippen LogP contribution in [0.3, 0.4) is 0 Å². The predicted octanol–water partition coefficient (Wildman–Crippen LogP) is 2.16. The normalized spacial score (nSPS) is 22.8. The van der Waals surface area contributed by atoms with Crippen molar-refractivity contribution in [2.24, 2.45) is 4.99 Å². The zero-order valence-electron chi connectivity index (χ0n) is 15.8. The maximum Gasteiger partial charge on any atom is 0.229 e. The SMILES string of the molecule is CN(C)c1cc(Nc2ccc3c(c2)C=NC3)nc(N2C3CCC2CNC3)n1. The Balaban J connectivity index is 1.49. The minimum Gasteiger partial charge on any atom is -0.363 e. The Labute approximate surface area is 159 Å². The first-order valence-corrected chi connectivity index (χ1v) is 9.62. The summed E-state index contributed by atoms with van der Waals surface area (Å²) in [7, 11) is 4.04. The molecule has 2 atom stereocenters. The summed E-state index contributed by atoms with van der Waals surface area (Å²) in [6, 6.07) is 9.36. The highest BCUT2D eigenvalue weighted by atomic mass is 15.4. The van der Waals surface area contributed by atoms with Crippen molar-refractivity contribution < 1.29 is 0 Å². The van der Waals surface area contributed by atoms with Gasteiger partial charge in [0.25, 0.3) is 0 Å². The van der Waals surface area contributed by atoms with E-state index in [0.29, 0.717) is 12.1 Å². The number of hydrogen-bond acceptors (Lipinski definition) is 7. The van der Waals surface area contributed by atoms with E-state index in [2.05, 4.69) is 38.7 Å². The van der Waals surface area contributed by atoms with Crippen molar-refractivity contribution >= 4 is 29.5 Å². The van der Waals surface area contributed by atoms with Gasteiger partial charge in [-0.25, -0.2) is 0 Å². The Morgan fingerprint density at radius 3 is 2.70 bits per heavy atom. The van der Waals surface area contributed by atoms with Gasteiger partial charge in [0.2, 0.25) is 5.95 Å². The van der Waals surface area contributed by atoms with Crippen molar-refractivity contribution in [2.45, 2.75) is 31.5 Å². The van der Waals surface area contributed by atoms with Crippen LogP contribution in [0.15, 0.2) is 29.3 Å². The molecule has 2 saturated heterocycles. The number of nitrogens with one attached hydrogen (secondary N) is 2. The van der Waals surface area contributed by atoms with Gasteiger partial charge < -0.3 is 20.4 Å². The number of hydrogen-bond donors (Lipinski definition) is 2. The predicted molar refractivity (Wildman–Crippen MR) is 110 cm³/mol. The van der Waals surface area contributed by atoms with E-state index >= 15 is 0 Å². The Morgan fingerprint density at radius 2 is 1.93 bits per heavy atom. The summed E-state index contributed by atoms with van der Waals surface area (Å²) in [5, 5.41) is 7.00. The van der Waals surface area contributed by atoms with Crippen molar-refractivity contribution in [1.82, 2.24) is 15.3 Å². The largest absolute Gasteiger partial charge is 0.363 e. The molecule has 0 spiro atoms. The van der Waals surface area contributed by atoms with E-state index < -0.39 is 0 Å². The van der Waals surface area contributed by atoms with Gasteiger partial charge in [-0.1, -0.05) is 6.07 Å². The molecule has 0 amide bonds. The van der Waals surface area contributed by atoms with Crippen LogP contribution in [0, 0.1) is 0 Å². The first-order valence-electron chi connectivity index (χ1n) is 9.62. The molecule has 0 aliphatic carbocycles. The first kappa shape index (κ1) is 16.5. The van der Waals surface area contributed by atoms with Gasteiger partial charge in [-0.15, -0.1) is 0 Å². The van der Waals surface area contributed by atoms with Crippen LogP contribution in [0.25, 0.3) is 0 Å². The van der Waals surface area contributed by atoms with E-state index in [0.717, 1.165) is 42.9 Å². The molecule has 2 bridgehead atoms. The molecule has 140 valence electrons. The van der Waals surface area contributed by atoms with Crippen LogP contribution >= 0.6 is 0 Å². The third kappa shape index (κ3) is 3.02. The average Bonchev–Trinajstić information content (AvgIpc) is 3.22. The lowest BCUT2D eigenvalue weighted by Gasteiger charge is -2.35. The summed E-state index contributed by atoms with van der Waals surface area (Å²) >= 11 is 0. The number of rotatable bonds is 4. The van der Waals surface area contributed by atoms with Gasteiger partial charge in [0.15, 0.2) is 0 Å². The fourth-order valence-electron chi connectivity index (χ4n) is 4.26. The van der Waals surface area contributed by atoms with E-state index in [-0.39, 0.29) is 0 Å². The van der Waals surface area contributed by atoms with Crippen LogP contribution < -0.4 is 20.4 Å². The third-order valence-corrected chi connectivity index (χ3v) is 5.68. The van der Waals surface area contributed by atoms with Crippen LogP contribution in [0.4, 0.5) is 23.3 Å². The second kappa shape index (κ2) is 6.49. The maximum atomic E-state index is 4.88. The molecule has 27 heavy (non-hydrogen) atoms. The molecule has 2 N–H and O–H groups in total. The molecule has 5 rings (SSSR count). The van der Waals surface area contributed by atoms with Gasteiger partial charge in [0.1, 0.15) is 11.6 Å². The smallest absolute Gasteiger partial charge is 0.229 e. The summed E-state index contributed by atoms with van der Waals surface area (Å²) < 4.78 is 0. The van der Waals surface area contributed by atoms with Crippen molar-refractivity contribution in [3.63, 3.8) is 0 Å². The van der Waals surface area contributed by atoms with Gasteiger partial charge >= 0.3 is 0 Å². The quantitative estimate of drug-likeness (QED) is 0.868. The number of aliphatic imine (C=N–C) groups is 1. The number of piperazine rings is 1. The van der Waals surface area contributed by atoms with Crippen LogP contribution in [0.5, 0.6) is 0 Å². The van der Waals surface area contributed by atoms with Crippen molar-refractivity contribution in [3.8, 4) is 0 Å². The highest BCUT2D eigenvalue weighted by Crippen LogP contribution is 2.32. The van der Waals surface area contributed by atoms with Gasteiger partial charge in [-0.3, -0.25) is 4.99 Å². The van der Waals surface area contributed by atoms with Crippen molar-refractivity contribution in [2.75, 3.05) is 42.3 Å². The standard InChI is InChI=1S/C20H25N7/c1-26(2)19-8-18(23-15-4-3-13-9-21-10-14(13)7-15)24-20(25-19)27-16-5-6-17(27)12-22-11-16/h3-4,7-8,10,16-17,22H,5-6,9,11-12H2,1-2H3,(H,23,24,25). The summed E-state index contributed by atoms with van der Waals surface area (Å²) in [6.07, 6.45) is 4.36. The lowest BCUT2D eigenvalue weighted by atomic mass is 10.1. The zero-order valence-corrected chi connectivity index (χ0v) is 15.8. The molecule has 2 aromatic rings. The molecule has 1 aromatic heterocycles. The number of benzene rings is 1. The number of fused-ring (bicyclic) bond motifs is 3. The molecule has 1 aromatic carbocycles. The van der Waals surface area contributed by atoms with E-state index in [4.69, 9.17) is 9.97 Å². The van der Waals surface area contributed by atoms with E-state index in [1.165, 1.54) is 24.0 Å². The molecule has 0 radical (unpaired) electrons. The second-order valence-electron chi connectivity index (χ2n) is 7.76. The second-order valence-corrected chi connectivity index (χ2v) is 7.76. The van der Waals surface area contributed by atoms with Gasteiger partial charge in [0, 0.05) is 57.2 Å². The molecule has 7 nitrogen and oxygen atoms in total. The highest BCUT2D eigenvalue weighted by Gasteiger charge is 2.38. The van der Waals surface area contributed by atoms with Crippen LogP contribution in [-0.2, 0) is 6.54 Å². The molecule has 4 heterocycles. The van der Waals surface area contributed by atoms with Gasteiger partial charge in [-0.05, 0) is 36.1 Å². The lowest BCUT2D eigenvalue weighted by Crippen LogP contribution is -2.52. The molecule has 3 aliphatic rings. The molecule has 2 fully saturated rings. The zero-order chi connectivity index (χ0) is 18.4. The van der Waals surface area contributed by atoms with Crippen molar-refractivity contribution in [1.29, 1.82) is 0 Å². The highest BCUT2D eigenvalue weighted by molar-refractivity contribution is 5.86. The fourth-order valence-corrected chi connectivity index (χ4v) is 4.26. The first-order chi connectivity index (χ1) is 13.2. The molecular weight excluding hydrogens is 338 g/mol. The van der Waals surface area contributed by atoms with E-state index in [9.17, 15) is 0 Å². The number of anilines is 4. The number of aromatic nitrogens is 2. The Kier molecular flexibility index (Phi) is 3.97. The minimum absolute atomic E-state index is 0.491. The fraction of sp³-hybridized carbons (Fsp3) is 0.450. The lowest BCUT2D eigenvalue weighted by molar-refractivity contribution is 0.477. The van der Waals surface area contributed by atoms with Gasteiger partial charge in [-0.2, -0.15) is 9.97 Å². The van der Waals surface area contributed by atoms with E-state index in [1.807, 2.05) is 31.3 Å². The third-order valence-electron chi connectivity index (χ3n) is 5.68. The molecular formula is C20H25N7. The Bertz CT molecular complexity index is 876. The van der Waals surface area contributed by atoms with Crippen LogP contribution in [0.1, 0.15) is 24.0 Å². The maximum absolute atomic E-state index is 4.88. The summed E-state index contributed by atoms with van der Waals surface area (Å²) in [6.45, 7) is 2.81. The molecule has 3 aliphatic heterocycles. The van der Waals surface area contributed by atoms with Crippen LogP contribution in [-0.4, -0.2) is 55.5 Å².